The predicted octanol–water partition coefficient (Wildman–Crippen LogP) is 1.06. The zero-order valence-corrected chi connectivity index (χ0v) is 10.6. The molecule has 17 heavy (non-hydrogen) atoms. The molecule has 1 saturated heterocycles. The Hall–Kier alpha value is -0.160. The highest BCUT2D eigenvalue weighted by Gasteiger charge is 2.33. The molecule has 2 rings (SSSR count). The highest BCUT2D eigenvalue weighted by Crippen LogP contribution is 2.28. The van der Waals surface area contributed by atoms with Gasteiger partial charge in [-0.3, -0.25) is 0 Å². The highest BCUT2D eigenvalue weighted by molar-refractivity contribution is 4.90. The van der Waals surface area contributed by atoms with Gasteiger partial charge in [0.05, 0.1) is 12.7 Å². The molecule has 1 aliphatic carbocycles. The Bertz CT molecular complexity index is 231. The van der Waals surface area contributed by atoms with Crippen LogP contribution in [0.5, 0.6) is 0 Å². The van der Waals surface area contributed by atoms with Crippen molar-refractivity contribution >= 4 is 0 Å². The van der Waals surface area contributed by atoms with E-state index in [1.54, 1.807) is 0 Å². The molecule has 0 amide bonds. The molecule has 4 heteroatoms. The van der Waals surface area contributed by atoms with Gasteiger partial charge in [0.2, 0.25) is 0 Å². The van der Waals surface area contributed by atoms with E-state index >= 15 is 0 Å². The van der Waals surface area contributed by atoms with Crippen LogP contribution in [0.25, 0.3) is 0 Å². The zero-order valence-electron chi connectivity index (χ0n) is 10.6. The number of ether oxygens (including phenoxy) is 2. The van der Waals surface area contributed by atoms with Gasteiger partial charge in [0.1, 0.15) is 0 Å². The summed E-state index contributed by atoms with van der Waals surface area (Å²) in [5.74, 6) is 0.645. The molecule has 1 saturated carbocycles. The first kappa shape index (κ1) is 13.3. The molecule has 2 aliphatic rings. The summed E-state index contributed by atoms with van der Waals surface area (Å²) in [5.41, 5.74) is 5.70. The summed E-state index contributed by atoms with van der Waals surface area (Å²) in [4.78, 5) is 0. The minimum Gasteiger partial charge on any atom is -0.394 e. The van der Waals surface area contributed by atoms with Gasteiger partial charge in [-0.25, -0.2) is 0 Å². The lowest BCUT2D eigenvalue weighted by Crippen LogP contribution is -2.49. The summed E-state index contributed by atoms with van der Waals surface area (Å²) in [7, 11) is 0. The van der Waals surface area contributed by atoms with Crippen molar-refractivity contribution in [2.75, 3.05) is 26.4 Å². The van der Waals surface area contributed by atoms with Crippen LogP contribution in [0.15, 0.2) is 0 Å². The molecule has 2 fully saturated rings. The van der Waals surface area contributed by atoms with Crippen LogP contribution in [0, 0.1) is 5.92 Å². The molecule has 0 aromatic carbocycles. The topological polar surface area (TPSA) is 64.7 Å². The quantitative estimate of drug-likeness (QED) is 0.775. The number of hydrogen-bond donors (Lipinski definition) is 2. The first-order valence-corrected chi connectivity index (χ1v) is 6.81. The Labute approximate surface area is 103 Å². The van der Waals surface area contributed by atoms with Gasteiger partial charge in [0.25, 0.3) is 0 Å². The molecule has 0 radical (unpaired) electrons. The van der Waals surface area contributed by atoms with Crippen LogP contribution in [0.3, 0.4) is 0 Å². The van der Waals surface area contributed by atoms with Gasteiger partial charge in [0.15, 0.2) is 0 Å². The van der Waals surface area contributed by atoms with Gasteiger partial charge in [-0.1, -0.05) is 0 Å². The van der Waals surface area contributed by atoms with E-state index in [1.165, 1.54) is 0 Å². The first-order chi connectivity index (χ1) is 8.22. The molecular formula is C13H25NO3. The van der Waals surface area contributed by atoms with E-state index in [2.05, 4.69) is 0 Å². The predicted molar refractivity (Wildman–Crippen MR) is 65.8 cm³/mol. The maximum absolute atomic E-state index is 9.29. The van der Waals surface area contributed by atoms with Crippen molar-refractivity contribution in [2.45, 2.75) is 50.2 Å². The number of hydrogen-bond acceptors (Lipinski definition) is 4. The van der Waals surface area contributed by atoms with Crippen LogP contribution in [0.2, 0.25) is 0 Å². The third-order valence-electron chi connectivity index (χ3n) is 4.06. The van der Waals surface area contributed by atoms with Gasteiger partial charge >= 0.3 is 0 Å². The third-order valence-corrected chi connectivity index (χ3v) is 4.06. The molecule has 100 valence electrons. The van der Waals surface area contributed by atoms with Crippen LogP contribution in [-0.4, -0.2) is 43.2 Å². The molecular weight excluding hydrogens is 218 g/mol. The lowest BCUT2D eigenvalue weighted by molar-refractivity contribution is -0.0400. The van der Waals surface area contributed by atoms with E-state index in [-0.39, 0.29) is 12.7 Å². The largest absolute Gasteiger partial charge is 0.394 e. The molecule has 3 N–H and O–H groups in total. The normalized spacial score (nSPS) is 36.0. The smallest absolute Gasteiger partial charge is 0.0612 e. The summed E-state index contributed by atoms with van der Waals surface area (Å²) in [5, 5.41) is 9.29. The Kier molecular flexibility index (Phi) is 4.79. The van der Waals surface area contributed by atoms with Gasteiger partial charge in [-0.15, -0.1) is 0 Å². The van der Waals surface area contributed by atoms with Crippen LogP contribution in [0.1, 0.15) is 38.5 Å². The molecule has 2 unspecified atom stereocenters. The van der Waals surface area contributed by atoms with E-state index < -0.39 is 5.54 Å². The summed E-state index contributed by atoms with van der Waals surface area (Å²) < 4.78 is 11.3. The highest BCUT2D eigenvalue weighted by atomic mass is 16.5. The van der Waals surface area contributed by atoms with Crippen LogP contribution in [0.4, 0.5) is 0 Å². The van der Waals surface area contributed by atoms with Crippen molar-refractivity contribution < 1.29 is 14.6 Å². The average molecular weight is 243 g/mol. The molecule has 1 heterocycles. The van der Waals surface area contributed by atoms with Crippen molar-refractivity contribution in [2.24, 2.45) is 11.7 Å². The van der Waals surface area contributed by atoms with Crippen molar-refractivity contribution in [3.63, 3.8) is 0 Å². The fourth-order valence-corrected chi connectivity index (χ4v) is 2.81. The second kappa shape index (κ2) is 6.14. The summed E-state index contributed by atoms with van der Waals surface area (Å²) >= 11 is 0. The Morgan fingerprint density at radius 3 is 2.76 bits per heavy atom. The monoisotopic (exact) mass is 243 g/mol. The van der Waals surface area contributed by atoms with Crippen molar-refractivity contribution in [3.8, 4) is 0 Å². The molecule has 0 spiro atoms. The standard InChI is InChI=1S/C13H25NO3/c14-13(10-15)5-1-2-12(8-13)17-9-11-3-6-16-7-4-11/h11-12,15H,1-10,14H2. The fraction of sp³-hybridized carbons (Fsp3) is 1.00. The molecule has 1 aliphatic heterocycles. The van der Waals surface area contributed by atoms with Gasteiger partial charge in [-0.2, -0.15) is 0 Å². The van der Waals surface area contributed by atoms with Gasteiger partial charge in [-0.05, 0) is 44.4 Å². The van der Waals surface area contributed by atoms with E-state index in [9.17, 15) is 5.11 Å². The molecule has 0 aromatic heterocycles. The lowest BCUT2D eigenvalue weighted by Gasteiger charge is -2.37. The SMILES string of the molecule is NC1(CO)CCCC(OCC2CCOCC2)C1. The average Bonchev–Trinajstić information content (AvgIpc) is 2.38. The lowest BCUT2D eigenvalue weighted by atomic mass is 9.81. The minimum absolute atomic E-state index is 0.0735. The van der Waals surface area contributed by atoms with E-state index in [4.69, 9.17) is 15.2 Å². The second-order valence-electron chi connectivity index (χ2n) is 5.63. The van der Waals surface area contributed by atoms with E-state index in [1.807, 2.05) is 0 Å². The Morgan fingerprint density at radius 2 is 2.06 bits per heavy atom. The first-order valence-electron chi connectivity index (χ1n) is 6.81. The van der Waals surface area contributed by atoms with Crippen LogP contribution < -0.4 is 5.73 Å². The number of rotatable bonds is 4. The molecule has 0 aromatic rings. The number of nitrogens with two attached hydrogens (primary N) is 1. The zero-order chi connectivity index (χ0) is 12.1. The van der Waals surface area contributed by atoms with Crippen molar-refractivity contribution in [1.82, 2.24) is 0 Å². The maximum atomic E-state index is 9.29. The molecule has 4 nitrogen and oxygen atoms in total. The second-order valence-corrected chi connectivity index (χ2v) is 5.63. The van der Waals surface area contributed by atoms with Crippen molar-refractivity contribution in [1.29, 1.82) is 0 Å². The van der Waals surface area contributed by atoms with Crippen molar-refractivity contribution in [3.05, 3.63) is 0 Å². The Morgan fingerprint density at radius 1 is 1.29 bits per heavy atom. The number of aliphatic hydroxyl groups excluding tert-OH is 1. The van der Waals surface area contributed by atoms with E-state index in [0.29, 0.717) is 5.92 Å². The van der Waals surface area contributed by atoms with Gasteiger partial charge < -0.3 is 20.3 Å². The summed E-state index contributed by atoms with van der Waals surface area (Å²) in [6.45, 7) is 2.64. The minimum atomic E-state index is -0.404. The summed E-state index contributed by atoms with van der Waals surface area (Å²) in [6.07, 6.45) is 6.33. The van der Waals surface area contributed by atoms with E-state index in [0.717, 1.165) is 58.3 Å². The molecule has 0 bridgehead atoms. The summed E-state index contributed by atoms with van der Waals surface area (Å²) in [6, 6.07) is 0. The van der Waals surface area contributed by atoms with Crippen LogP contribution >= 0.6 is 0 Å². The van der Waals surface area contributed by atoms with Crippen LogP contribution in [-0.2, 0) is 9.47 Å². The fourth-order valence-electron chi connectivity index (χ4n) is 2.81. The Balaban J connectivity index is 1.71. The third kappa shape index (κ3) is 3.91. The maximum Gasteiger partial charge on any atom is 0.0612 e. The molecule has 2 atom stereocenters. The number of aliphatic hydroxyl groups is 1. The van der Waals surface area contributed by atoms with Gasteiger partial charge in [0, 0.05) is 25.4 Å².